The van der Waals surface area contributed by atoms with E-state index in [2.05, 4.69) is 4.98 Å². The Balaban J connectivity index is 2.20. The van der Waals surface area contributed by atoms with Gasteiger partial charge in [0.2, 0.25) is 0 Å². The van der Waals surface area contributed by atoms with Crippen LogP contribution >= 0.6 is 11.6 Å². The molecule has 2 rings (SSSR count). The summed E-state index contributed by atoms with van der Waals surface area (Å²) >= 11 is 5.71. The lowest BCUT2D eigenvalue weighted by molar-refractivity contribution is 0.481. The highest BCUT2D eigenvalue weighted by molar-refractivity contribution is 6.16. The predicted octanol–water partition coefficient (Wildman–Crippen LogP) is 3.92. The van der Waals surface area contributed by atoms with E-state index in [1.807, 2.05) is 43.3 Å². The second-order valence-electron chi connectivity index (χ2n) is 3.54. The minimum Gasteiger partial charge on any atom is -0.457 e. The molecule has 1 heterocycles. The van der Waals surface area contributed by atoms with Gasteiger partial charge in [-0.25, -0.2) is 0 Å². The Morgan fingerprint density at radius 2 is 2.00 bits per heavy atom. The minimum atomic E-state index is 0.394. The molecule has 0 unspecified atom stereocenters. The van der Waals surface area contributed by atoms with Crippen LogP contribution in [0.3, 0.4) is 0 Å². The van der Waals surface area contributed by atoms with Gasteiger partial charge in [-0.05, 0) is 30.7 Å². The van der Waals surface area contributed by atoms with Crippen molar-refractivity contribution >= 4 is 11.6 Å². The Labute approximate surface area is 99.9 Å². The minimum absolute atomic E-state index is 0.394. The van der Waals surface area contributed by atoms with Gasteiger partial charge in [0.25, 0.3) is 0 Å². The molecular formula is C13H12ClNO. The van der Waals surface area contributed by atoms with Crippen LogP contribution in [0.15, 0.2) is 42.6 Å². The second-order valence-corrected chi connectivity index (χ2v) is 3.80. The average molecular weight is 234 g/mol. The second kappa shape index (κ2) is 4.99. The maximum atomic E-state index is 5.71. The first kappa shape index (κ1) is 11.0. The van der Waals surface area contributed by atoms with E-state index in [-0.39, 0.29) is 0 Å². The molecule has 0 aliphatic heterocycles. The molecule has 0 aliphatic carbocycles. The van der Waals surface area contributed by atoms with Crippen LogP contribution in [0.25, 0.3) is 0 Å². The standard InChI is InChI=1S/C13H12ClNO/c1-10-3-2-4-12(7-10)16-13-5-6-15-11(8-13)9-14/h2-8H,9H2,1H3. The number of pyridine rings is 1. The molecule has 0 N–H and O–H groups in total. The van der Waals surface area contributed by atoms with E-state index in [0.717, 1.165) is 17.2 Å². The first-order valence-electron chi connectivity index (χ1n) is 5.03. The van der Waals surface area contributed by atoms with Gasteiger partial charge in [-0.15, -0.1) is 11.6 Å². The number of rotatable bonds is 3. The van der Waals surface area contributed by atoms with E-state index in [0.29, 0.717) is 5.88 Å². The molecular weight excluding hydrogens is 222 g/mol. The topological polar surface area (TPSA) is 22.1 Å². The Kier molecular flexibility index (Phi) is 3.42. The van der Waals surface area contributed by atoms with Gasteiger partial charge < -0.3 is 4.74 Å². The monoisotopic (exact) mass is 233 g/mol. The first-order valence-corrected chi connectivity index (χ1v) is 5.57. The Hall–Kier alpha value is -1.54. The van der Waals surface area contributed by atoms with Crippen molar-refractivity contribution in [2.45, 2.75) is 12.8 Å². The largest absolute Gasteiger partial charge is 0.457 e. The molecule has 0 radical (unpaired) electrons. The number of aryl methyl sites for hydroxylation is 1. The van der Waals surface area contributed by atoms with Crippen molar-refractivity contribution in [2.75, 3.05) is 0 Å². The fourth-order valence-corrected chi connectivity index (χ4v) is 1.55. The van der Waals surface area contributed by atoms with Crippen molar-refractivity contribution in [3.05, 3.63) is 53.9 Å². The number of ether oxygens (including phenoxy) is 1. The highest BCUT2D eigenvalue weighted by Gasteiger charge is 1.99. The van der Waals surface area contributed by atoms with Crippen molar-refractivity contribution in [1.29, 1.82) is 0 Å². The molecule has 16 heavy (non-hydrogen) atoms. The third kappa shape index (κ3) is 2.74. The molecule has 0 saturated carbocycles. The SMILES string of the molecule is Cc1cccc(Oc2ccnc(CCl)c2)c1. The van der Waals surface area contributed by atoms with E-state index < -0.39 is 0 Å². The number of nitrogens with zero attached hydrogens (tertiary/aromatic N) is 1. The summed E-state index contributed by atoms with van der Waals surface area (Å²) in [5.41, 5.74) is 1.98. The molecule has 1 aromatic heterocycles. The highest BCUT2D eigenvalue weighted by atomic mass is 35.5. The Bertz CT molecular complexity index is 485. The summed E-state index contributed by atoms with van der Waals surface area (Å²) in [6.45, 7) is 2.03. The zero-order valence-electron chi connectivity index (χ0n) is 8.98. The Morgan fingerprint density at radius 3 is 2.75 bits per heavy atom. The van der Waals surface area contributed by atoms with Gasteiger partial charge in [0.1, 0.15) is 11.5 Å². The number of hydrogen-bond acceptors (Lipinski definition) is 2. The van der Waals surface area contributed by atoms with Crippen LogP contribution in [0.1, 0.15) is 11.3 Å². The van der Waals surface area contributed by atoms with Crippen LogP contribution < -0.4 is 4.74 Å². The van der Waals surface area contributed by atoms with E-state index in [9.17, 15) is 0 Å². The van der Waals surface area contributed by atoms with Crippen LogP contribution in [0.2, 0.25) is 0 Å². The number of halogens is 1. The van der Waals surface area contributed by atoms with Crippen LogP contribution in [0.5, 0.6) is 11.5 Å². The third-order valence-corrected chi connectivity index (χ3v) is 2.42. The fraction of sp³-hybridized carbons (Fsp3) is 0.154. The van der Waals surface area contributed by atoms with Crippen molar-refractivity contribution in [2.24, 2.45) is 0 Å². The molecule has 0 atom stereocenters. The lowest BCUT2D eigenvalue weighted by Crippen LogP contribution is -1.88. The predicted molar refractivity (Wildman–Crippen MR) is 65.0 cm³/mol. The molecule has 0 saturated heterocycles. The van der Waals surface area contributed by atoms with Gasteiger partial charge in [-0.1, -0.05) is 12.1 Å². The van der Waals surface area contributed by atoms with Crippen LogP contribution in [-0.2, 0) is 5.88 Å². The van der Waals surface area contributed by atoms with Crippen LogP contribution in [0.4, 0.5) is 0 Å². The van der Waals surface area contributed by atoms with Crippen molar-refractivity contribution in [3.8, 4) is 11.5 Å². The molecule has 0 spiro atoms. The molecule has 1 aromatic carbocycles. The summed E-state index contributed by atoms with van der Waals surface area (Å²) in [6.07, 6.45) is 1.70. The van der Waals surface area contributed by atoms with Crippen molar-refractivity contribution in [3.63, 3.8) is 0 Å². The highest BCUT2D eigenvalue weighted by Crippen LogP contribution is 2.22. The number of aromatic nitrogens is 1. The summed E-state index contributed by atoms with van der Waals surface area (Å²) in [6, 6.07) is 11.6. The first-order chi connectivity index (χ1) is 7.78. The van der Waals surface area contributed by atoms with E-state index in [1.54, 1.807) is 6.20 Å². The van der Waals surface area contributed by atoms with Gasteiger partial charge in [-0.2, -0.15) is 0 Å². The summed E-state index contributed by atoms with van der Waals surface area (Å²) in [5, 5.41) is 0. The van der Waals surface area contributed by atoms with Crippen molar-refractivity contribution in [1.82, 2.24) is 4.98 Å². The Morgan fingerprint density at radius 1 is 1.19 bits per heavy atom. The summed E-state index contributed by atoms with van der Waals surface area (Å²) in [4.78, 5) is 4.11. The molecule has 0 bridgehead atoms. The van der Waals surface area contributed by atoms with Crippen LogP contribution in [0, 0.1) is 6.92 Å². The molecule has 0 aliphatic rings. The normalized spacial score (nSPS) is 10.1. The lowest BCUT2D eigenvalue weighted by Gasteiger charge is -2.06. The van der Waals surface area contributed by atoms with Crippen molar-refractivity contribution < 1.29 is 4.74 Å². The number of benzene rings is 1. The van der Waals surface area contributed by atoms with E-state index in [1.165, 1.54) is 5.56 Å². The third-order valence-electron chi connectivity index (χ3n) is 2.15. The van der Waals surface area contributed by atoms with Gasteiger partial charge in [0.15, 0.2) is 0 Å². The van der Waals surface area contributed by atoms with Gasteiger partial charge in [-0.3, -0.25) is 4.98 Å². The van der Waals surface area contributed by atoms with E-state index in [4.69, 9.17) is 16.3 Å². The van der Waals surface area contributed by atoms with E-state index >= 15 is 0 Å². The fourth-order valence-electron chi connectivity index (χ4n) is 1.41. The maximum absolute atomic E-state index is 5.71. The summed E-state index contributed by atoms with van der Waals surface area (Å²) < 4.78 is 5.70. The zero-order valence-corrected chi connectivity index (χ0v) is 9.74. The van der Waals surface area contributed by atoms with Gasteiger partial charge in [0.05, 0.1) is 11.6 Å². The number of alkyl halides is 1. The zero-order chi connectivity index (χ0) is 11.4. The van der Waals surface area contributed by atoms with Crippen LogP contribution in [-0.4, -0.2) is 4.98 Å². The van der Waals surface area contributed by atoms with Gasteiger partial charge >= 0.3 is 0 Å². The summed E-state index contributed by atoms with van der Waals surface area (Å²) in [7, 11) is 0. The smallest absolute Gasteiger partial charge is 0.130 e. The average Bonchev–Trinajstić information content (AvgIpc) is 2.29. The van der Waals surface area contributed by atoms with Gasteiger partial charge in [0, 0.05) is 12.3 Å². The molecule has 0 fully saturated rings. The number of hydrogen-bond donors (Lipinski definition) is 0. The molecule has 82 valence electrons. The molecule has 3 heteroatoms. The molecule has 0 amide bonds. The maximum Gasteiger partial charge on any atom is 0.130 e. The molecule has 2 aromatic rings. The quantitative estimate of drug-likeness (QED) is 0.750. The molecule has 2 nitrogen and oxygen atoms in total. The lowest BCUT2D eigenvalue weighted by atomic mass is 10.2. The summed E-state index contributed by atoms with van der Waals surface area (Å²) in [5.74, 6) is 1.98.